The van der Waals surface area contributed by atoms with Crippen LogP contribution >= 0.6 is 0 Å². The van der Waals surface area contributed by atoms with Crippen LogP contribution in [-0.2, 0) is 9.59 Å². The molecule has 0 radical (unpaired) electrons. The van der Waals surface area contributed by atoms with Crippen molar-refractivity contribution in [2.24, 2.45) is 0 Å². The summed E-state index contributed by atoms with van der Waals surface area (Å²) in [5.41, 5.74) is -1.65. The SMILES string of the molecule is CCN(CC)CCCNC(=O)C(=O)Nc1c[nH]c(=O)[nH]c1=O. The van der Waals surface area contributed by atoms with Gasteiger partial charge in [0.15, 0.2) is 0 Å². The molecule has 0 aromatic carbocycles. The molecule has 0 fully saturated rings. The van der Waals surface area contributed by atoms with Crippen molar-refractivity contribution in [2.45, 2.75) is 20.3 Å². The van der Waals surface area contributed by atoms with E-state index in [9.17, 15) is 19.2 Å². The van der Waals surface area contributed by atoms with Gasteiger partial charge in [-0.1, -0.05) is 13.8 Å². The molecule has 0 saturated heterocycles. The minimum Gasteiger partial charge on any atom is -0.348 e. The van der Waals surface area contributed by atoms with E-state index in [1.54, 1.807) is 0 Å². The maximum atomic E-state index is 11.6. The average molecular weight is 311 g/mol. The number of H-pyrrole nitrogens is 2. The Kier molecular flexibility index (Phi) is 7.03. The quantitative estimate of drug-likeness (QED) is 0.373. The van der Waals surface area contributed by atoms with Gasteiger partial charge in [0, 0.05) is 12.7 Å². The van der Waals surface area contributed by atoms with Gasteiger partial charge in [0.1, 0.15) is 5.69 Å². The summed E-state index contributed by atoms with van der Waals surface area (Å²) in [6.45, 7) is 7.16. The molecule has 0 atom stereocenters. The van der Waals surface area contributed by atoms with Gasteiger partial charge in [0.2, 0.25) is 0 Å². The summed E-state index contributed by atoms with van der Waals surface area (Å²) in [5, 5.41) is 4.61. The van der Waals surface area contributed by atoms with Crippen LogP contribution in [0.2, 0.25) is 0 Å². The Labute approximate surface area is 127 Å². The number of hydrogen-bond acceptors (Lipinski definition) is 5. The largest absolute Gasteiger partial charge is 0.348 e. The van der Waals surface area contributed by atoms with Gasteiger partial charge in [-0.25, -0.2) is 4.79 Å². The molecule has 1 aromatic rings. The highest BCUT2D eigenvalue weighted by Crippen LogP contribution is 1.92. The van der Waals surface area contributed by atoms with Crippen LogP contribution in [0.1, 0.15) is 20.3 Å². The average Bonchev–Trinajstić information content (AvgIpc) is 2.50. The third-order valence-electron chi connectivity index (χ3n) is 3.10. The smallest absolute Gasteiger partial charge is 0.325 e. The lowest BCUT2D eigenvalue weighted by molar-refractivity contribution is -0.136. The Balaban J connectivity index is 2.41. The van der Waals surface area contributed by atoms with Crippen LogP contribution in [-0.4, -0.2) is 52.9 Å². The zero-order valence-corrected chi connectivity index (χ0v) is 12.7. The Morgan fingerprint density at radius 2 is 1.86 bits per heavy atom. The second kappa shape index (κ2) is 8.78. The second-order valence-electron chi connectivity index (χ2n) is 4.58. The summed E-state index contributed by atoms with van der Waals surface area (Å²) in [7, 11) is 0. The normalized spacial score (nSPS) is 10.5. The van der Waals surface area contributed by atoms with Crippen LogP contribution in [0.5, 0.6) is 0 Å². The van der Waals surface area contributed by atoms with Crippen molar-refractivity contribution in [1.82, 2.24) is 20.2 Å². The summed E-state index contributed by atoms with van der Waals surface area (Å²) >= 11 is 0. The number of nitrogens with one attached hydrogen (secondary N) is 4. The van der Waals surface area contributed by atoms with Gasteiger partial charge < -0.3 is 20.5 Å². The molecule has 0 spiro atoms. The first-order valence-corrected chi connectivity index (χ1v) is 7.11. The van der Waals surface area contributed by atoms with E-state index >= 15 is 0 Å². The number of rotatable bonds is 7. The van der Waals surface area contributed by atoms with Crippen LogP contribution in [0.15, 0.2) is 15.8 Å². The molecule has 1 heterocycles. The van der Waals surface area contributed by atoms with Gasteiger partial charge in [-0.15, -0.1) is 0 Å². The van der Waals surface area contributed by atoms with Crippen molar-refractivity contribution < 1.29 is 9.59 Å². The molecule has 2 amide bonds. The van der Waals surface area contributed by atoms with Gasteiger partial charge in [-0.05, 0) is 26.1 Å². The molecule has 0 aliphatic carbocycles. The van der Waals surface area contributed by atoms with E-state index in [0.29, 0.717) is 6.54 Å². The molecule has 122 valence electrons. The maximum absolute atomic E-state index is 11.6. The van der Waals surface area contributed by atoms with E-state index < -0.39 is 23.1 Å². The van der Waals surface area contributed by atoms with Crippen LogP contribution in [0, 0.1) is 0 Å². The molecule has 22 heavy (non-hydrogen) atoms. The minimum absolute atomic E-state index is 0.192. The van der Waals surface area contributed by atoms with E-state index in [2.05, 4.69) is 34.4 Å². The molecule has 9 nitrogen and oxygen atoms in total. The minimum atomic E-state index is -0.958. The summed E-state index contributed by atoms with van der Waals surface area (Å²) in [4.78, 5) is 51.7. The van der Waals surface area contributed by atoms with Crippen molar-refractivity contribution in [3.8, 4) is 0 Å². The second-order valence-corrected chi connectivity index (χ2v) is 4.58. The highest BCUT2D eigenvalue weighted by Gasteiger charge is 2.14. The van der Waals surface area contributed by atoms with Crippen LogP contribution in [0.25, 0.3) is 0 Å². The maximum Gasteiger partial charge on any atom is 0.325 e. The zero-order chi connectivity index (χ0) is 16.5. The van der Waals surface area contributed by atoms with Crippen molar-refractivity contribution in [2.75, 3.05) is 31.5 Å². The van der Waals surface area contributed by atoms with Crippen LogP contribution in [0.3, 0.4) is 0 Å². The number of amides is 2. The molecule has 0 unspecified atom stereocenters. The lowest BCUT2D eigenvalue weighted by atomic mass is 10.3. The number of hydrogen-bond donors (Lipinski definition) is 4. The summed E-state index contributed by atoms with van der Waals surface area (Å²) in [6, 6.07) is 0. The van der Waals surface area contributed by atoms with Gasteiger partial charge in [0.05, 0.1) is 0 Å². The van der Waals surface area contributed by atoms with E-state index in [-0.39, 0.29) is 5.69 Å². The van der Waals surface area contributed by atoms with Crippen molar-refractivity contribution >= 4 is 17.5 Å². The molecular formula is C13H21N5O4. The third-order valence-corrected chi connectivity index (χ3v) is 3.10. The summed E-state index contributed by atoms with van der Waals surface area (Å²) in [6.07, 6.45) is 1.76. The standard InChI is InChI=1S/C13H21N5O4/c1-3-18(4-2)7-5-6-14-11(20)12(21)16-9-8-15-13(22)17-10(9)19/h8H,3-7H2,1-2H3,(H,14,20)(H,16,21)(H2,15,17,19,22). The van der Waals surface area contributed by atoms with Crippen molar-refractivity contribution in [1.29, 1.82) is 0 Å². The Morgan fingerprint density at radius 1 is 1.18 bits per heavy atom. The predicted octanol–water partition coefficient (Wildman–Crippen LogP) is -1.15. The molecule has 1 rings (SSSR count). The number of nitrogens with zero attached hydrogens (tertiary/aromatic N) is 1. The Hall–Kier alpha value is -2.42. The molecular weight excluding hydrogens is 290 g/mol. The molecule has 0 aliphatic rings. The highest BCUT2D eigenvalue weighted by molar-refractivity contribution is 6.39. The lowest BCUT2D eigenvalue weighted by Crippen LogP contribution is -2.38. The number of anilines is 1. The predicted molar refractivity (Wildman–Crippen MR) is 81.7 cm³/mol. The van der Waals surface area contributed by atoms with Gasteiger partial charge >= 0.3 is 17.5 Å². The van der Waals surface area contributed by atoms with E-state index in [4.69, 9.17) is 0 Å². The fourth-order valence-electron chi connectivity index (χ4n) is 1.81. The first-order valence-electron chi connectivity index (χ1n) is 7.11. The Morgan fingerprint density at radius 3 is 2.45 bits per heavy atom. The molecule has 1 aromatic heterocycles. The summed E-state index contributed by atoms with van der Waals surface area (Å²) < 4.78 is 0. The molecule has 0 saturated carbocycles. The molecule has 0 aliphatic heterocycles. The monoisotopic (exact) mass is 311 g/mol. The molecule has 0 bridgehead atoms. The highest BCUT2D eigenvalue weighted by atomic mass is 16.2. The number of carbonyl (C=O) groups is 2. The van der Waals surface area contributed by atoms with E-state index in [0.717, 1.165) is 32.3 Å². The van der Waals surface area contributed by atoms with Gasteiger partial charge in [0.25, 0.3) is 5.56 Å². The molecule has 9 heteroatoms. The zero-order valence-electron chi connectivity index (χ0n) is 12.7. The van der Waals surface area contributed by atoms with Gasteiger partial charge in [-0.3, -0.25) is 19.4 Å². The first kappa shape index (κ1) is 17.6. The fraction of sp³-hybridized carbons (Fsp3) is 0.538. The topological polar surface area (TPSA) is 127 Å². The molecule has 4 N–H and O–H groups in total. The van der Waals surface area contributed by atoms with Gasteiger partial charge in [-0.2, -0.15) is 0 Å². The van der Waals surface area contributed by atoms with E-state index in [1.807, 2.05) is 4.98 Å². The van der Waals surface area contributed by atoms with Crippen LogP contribution < -0.4 is 21.9 Å². The first-order chi connectivity index (χ1) is 10.5. The summed E-state index contributed by atoms with van der Waals surface area (Å²) in [5.74, 6) is -1.79. The number of aromatic nitrogens is 2. The third kappa shape index (κ3) is 5.52. The lowest BCUT2D eigenvalue weighted by Gasteiger charge is -2.17. The van der Waals surface area contributed by atoms with E-state index in [1.165, 1.54) is 0 Å². The van der Waals surface area contributed by atoms with Crippen molar-refractivity contribution in [3.05, 3.63) is 27.0 Å². The van der Waals surface area contributed by atoms with Crippen molar-refractivity contribution in [3.63, 3.8) is 0 Å². The number of carbonyl (C=O) groups excluding carboxylic acids is 2. The Bertz CT molecular complexity index is 617. The fourth-order valence-corrected chi connectivity index (χ4v) is 1.81. The number of aromatic amines is 2. The van der Waals surface area contributed by atoms with Crippen LogP contribution in [0.4, 0.5) is 5.69 Å².